The standard InChI is InChI=1S/C16H16N6O2/c1-11(23)19-12-4-2-5-13(8-12)20-16-21-15(10-18-22-16)17-9-14-6-3-7-24-14/h2-8,10H,9H2,1H3,(H,19,23)(H2,17,20,21,22). The van der Waals surface area contributed by atoms with Gasteiger partial charge in [-0.3, -0.25) is 4.79 Å². The molecule has 0 saturated carbocycles. The van der Waals surface area contributed by atoms with Gasteiger partial charge in [-0.25, -0.2) is 0 Å². The molecule has 0 aliphatic rings. The number of aromatic nitrogens is 3. The van der Waals surface area contributed by atoms with Crippen molar-refractivity contribution in [3.63, 3.8) is 0 Å². The van der Waals surface area contributed by atoms with E-state index >= 15 is 0 Å². The molecule has 122 valence electrons. The number of rotatable bonds is 6. The first-order valence-electron chi connectivity index (χ1n) is 7.30. The van der Waals surface area contributed by atoms with Gasteiger partial charge in [0.1, 0.15) is 5.76 Å². The van der Waals surface area contributed by atoms with E-state index in [-0.39, 0.29) is 5.91 Å². The van der Waals surface area contributed by atoms with E-state index < -0.39 is 0 Å². The number of hydrogen-bond acceptors (Lipinski definition) is 7. The Morgan fingerprint density at radius 3 is 2.88 bits per heavy atom. The highest BCUT2D eigenvalue weighted by molar-refractivity contribution is 5.89. The van der Waals surface area contributed by atoms with Gasteiger partial charge in [0.25, 0.3) is 0 Å². The number of amides is 1. The summed E-state index contributed by atoms with van der Waals surface area (Å²) in [6, 6.07) is 10.9. The van der Waals surface area contributed by atoms with E-state index in [9.17, 15) is 4.79 Å². The molecular formula is C16H16N6O2. The number of furan rings is 1. The Morgan fingerprint density at radius 2 is 2.08 bits per heavy atom. The lowest BCUT2D eigenvalue weighted by Crippen LogP contribution is -2.07. The maximum Gasteiger partial charge on any atom is 0.249 e. The highest BCUT2D eigenvalue weighted by Crippen LogP contribution is 2.18. The minimum absolute atomic E-state index is 0.130. The molecule has 3 N–H and O–H groups in total. The number of carbonyl (C=O) groups excluding carboxylic acids is 1. The molecule has 0 unspecified atom stereocenters. The summed E-state index contributed by atoms with van der Waals surface area (Å²) in [7, 11) is 0. The average molecular weight is 324 g/mol. The summed E-state index contributed by atoms with van der Waals surface area (Å²) in [6.45, 7) is 1.96. The van der Waals surface area contributed by atoms with Gasteiger partial charge in [-0.2, -0.15) is 10.1 Å². The summed E-state index contributed by atoms with van der Waals surface area (Å²) >= 11 is 0. The molecule has 0 radical (unpaired) electrons. The van der Waals surface area contributed by atoms with Crippen molar-refractivity contribution in [2.24, 2.45) is 0 Å². The van der Waals surface area contributed by atoms with Crippen LogP contribution in [-0.4, -0.2) is 21.1 Å². The van der Waals surface area contributed by atoms with Crippen molar-refractivity contribution < 1.29 is 9.21 Å². The highest BCUT2D eigenvalue weighted by Gasteiger charge is 2.04. The van der Waals surface area contributed by atoms with Gasteiger partial charge in [-0.1, -0.05) is 6.07 Å². The first-order chi connectivity index (χ1) is 11.7. The summed E-state index contributed by atoms with van der Waals surface area (Å²) in [5.41, 5.74) is 1.43. The van der Waals surface area contributed by atoms with Crippen molar-refractivity contribution in [1.82, 2.24) is 15.2 Å². The Balaban J connectivity index is 1.67. The van der Waals surface area contributed by atoms with Gasteiger partial charge in [0.05, 0.1) is 19.0 Å². The van der Waals surface area contributed by atoms with Gasteiger partial charge in [-0.15, -0.1) is 5.10 Å². The Morgan fingerprint density at radius 1 is 1.21 bits per heavy atom. The lowest BCUT2D eigenvalue weighted by molar-refractivity contribution is -0.114. The van der Waals surface area contributed by atoms with E-state index in [0.717, 1.165) is 11.4 Å². The van der Waals surface area contributed by atoms with E-state index in [1.165, 1.54) is 13.1 Å². The normalized spacial score (nSPS) is 10.2. The molecule has 1 aromatic carbocycles. The molecular weight excluding hydrogens is 308 g/mol. The van der Waals surface area contributed by atoms with Crippen LogP contribution in [0.5, 0.6) is 0 Å². The Hall–Kier alpha value is -3.42. The van der Waals surface area contributed by atoms with E-state index in [4.69, 9.17) is 4.42 Å². The number of nitrogens with one attached hydrogen (secondary N) is 3. The van der Waals surface area contributed by atoms with Crippen LogP contribution >= 0.6 is 0 Å². The van der Waals surface area contributed by atoms with E-state index in [1.807, 2.05) is 24.3 Å². The largest absolute Gasteiger partial charge is 0.467 e. The molecule has 0 saturated heterocycles. The van der Waals surface area contributed by atoms with Crippen LogP contribution in [0.4, 0.5) is 23.1 Å². The van der Waals surface area contributed by atoms with E-state index in [1.54, 1.807) is 18.4 Å². The fourth-order valence-electron chi connectivity index (χ4n) is 2.04. The summed E-state index contributed by atoms with van der Waals surface area (Å²) in [6.07, 6.45) is 3.14. The quantitative estimate of drug-likeness (QED) is 0.640. The molecule has 8 heteroatoms. The number of nitrogens with zero attached hydrogens (tertiary/aromatic N) is 3. The Kier molecular flexibility index (Phi) is 4.66. The molecule has 0 bridgehead atoms. The van der Waals surface area contributed by atoms with Crippen LogP contribution in [-0.2, 0) is 11.3 Å². The van der Waals surface area contributed by atoms with Crippen molar-refractivity contribution in [3.05, 3.63) is 54.6 Å². The van der Waals surface area contributed by atoms with Crippen molar-refractivity contribution in [1.29, 1.82) is 0 Å². The number of carbonyl (C=O) groups is 1. The van der Waals surface area contributed by atoms with E-state index in [0.29, 0.717) is 24.0 Å². The average Bonchev–Trinajstić information content (AvgIpc) is 3.06. The Labute approximate surface area is 138 Å². The maximum atomic E-state index is 11.1. The van der Waals surface area contributed by atoms with Crippen LogP contribution in [0.1, 0.15) is 12.7 Å². The Bertz CT molecular complexity index is 819. The molecule has 2 heterocycles. The third-order valence-electron chi connectivity index (χ3n) is 3.02. The SMILES string of the molecule is CC(=O)Nc1cccc(Nc2nncc(NCc3ccco3)n2)c1. The fourth-order valence-corrected chi connectivity index (χ4v) is 2.04. The fraction of sp³-hybridized carbons (Fsp3) is 0.125. The smallest absolute Gasteiger partial charge is 0.249 e. The highest BCUT2D eigenvalue weighted by atomic mass is 16.3. The minimum atomic E-state index is -0.130. The molecule has 3 aromatic rings. The second-order valence-corrected chi connectivity index (χ2v) is 4.99. The topological polar surface area (TPSA) is 105 Å². The molecule has 0 spiro atoms. The second kappa shape index (κ2) is 7.23. The number of benzene rings is 1. The zero-order chi connectivity index (χ0) is 16.8. The monoisotopic (exact) mass is 324 g/mol. The number of anilines is 4. The third-order valence-corrected chi connectivity index (χ3v) is 3.02. The lowest BCUT2D eigenvalue weighted by Gasteiger charge is -2.08. The van der Waals surface area contributed by atoms with Crippen molar-refractivity contribution in [2.45, 2.75) is 13.5 Å². The predicted molar refractivity (Wildman–Crippen MR) is 89.9 cm³/mol. The molecule has 0 fully saturated rings. The molecule has 0 aliphatic carbocycles. The third kappa shape index (κ3) is 4.29. The number of hydrogen-bond donors (Lipinski definition) is 3. The van der Waals surface area contributed by atoms with Crippen LogP contribution in [0.3, 0.4) is 0 Å². The summed E-state index contributed by atoms with van der Waals surface area (Å²) in [5.74, 6) is 1.58. The molecule has 24 heavy (non-hydrogen) atoms. The molecule has 1 amide bonds. The van der Waals surface area contributed by atoms with Crippen molar-refractivity contribution in [3.8, 4) is 0 Å². The molecule has 0 atom stereocenters. The zero-order valence-corrected chi connectivity index (χ0v) is 13.0. The van der Waals surface area contributed by atoms with Gasteiger partial charge >= 0.3 is 0 Å². The van der Waals surface area contributed by atoms with E-state index in [2.05, 4.69) is 31.1 Å². The molecule has 0 aliphatic heterocycles. The van der Waals surface area contributed by atoms with Crippen LogP contribution in [0.25, 0.3) is 0 Å². The second-order valence-electron chi connectivity index (χ2n) is 4.99. The lowest BCUT2D eigenvalue weighted by atomic mass is 10.3. The van der Waals surface area contributed by atoms with Gasteiger partial charge in [0.15, 0.2) is 5.82 Å². The van der Waals surface area contributed by atoms with Crippen LogP contribution in [0.15, 0.2) is 53.3 Å². The summed E-state index contributed by atoms with van der Waals surface area (Å²) in [4.78, 5) is 15.4. The minimum Gasteiger partial charge on any atom is -0.467 e. The zero-order valence-electron chi connectivity index (χ0n) is 13.0. The predicted octanol–water partition coefficient (Wildman–Crippen LogP) is 2.78. The van der Waals surface area contributed by atoms with Crippen LogP contribution < -0.4 is 16.0 Å². The maximum absolute atomic E-state index is 11.1. The summed E-state index contributed by atoms with van der Waals surface area (Å²) < 4.78 is 5.25. The van der Waals surface area contributed by atoms with Gasteiger partial charge in [0.2, 0.25) is 11.9 Å². The van der Waals surface area contributed by atoms with Gasteiger partial charge in [0, 0.05) is 18.3 Å². The van der Waals surface area contributed by atoms with Crippen LogP contribution in [0.2, 0.25) is 0 Å². The first-order valence-corrected chi connectivity index (χ1v) is 7.30. The van der Waals surface area contributed by atoms with Gasteiger partial charge < -0.3 is 20.4 Å². The van der Waals surface area contributed by atoms with Crippen molar-refractivity contribution in [2.75, 3.05) is 16.0 Å². The molecule has 3 rings (SSSR count). The molecule has 8 nitrogen and oxygen atoms in total. The first kappa shape index (κ1) is 15.5. The molecule has 2 aromatic heterocycles. The summed E-state index contributed by atoms with van der Waals surface area (Å²) in [5, 5.41) is 16.7. The van der Waals surface area contributed by atoms with Crippen molar-refractivity contribution >= 4 is 29.0 Å². The van der Waals surface area contributed by atoms with Gasteiger partial charge in [-0.05, 0) is 30.3 Å². The van der Waals surface area contributed by atoms with Crippen LogP contribution in [0, 0.1) is 0 Å².